The lowest BCUT2D eigenvalue weighted by Gasteiger charge is -2.22. The van der Waals surface area contributed by atoms with Gasteiger partial charge in [0.2, 0.25) is 10.0 Å². The van der Waals surface area contributed by atoms with Crippen LogP contribution in [0.25, 0.3) is 0 Å². The van der Waals surface area contributed by atoms with Crippen LogP contribution >= 0.6 is 23.6 Å². The maximum Gasteiger partial charge on any atom is 0.223 e. The first-order chi connectivity index (χ1) is 8.39. The average Bonchev–Trinajstić information content (AvgIpc) is 2.78. The molecule has 0 bridgehead atoms. The summed E-state index contributed by atoms with van der Waals surface area (Å²) in [5, 5.41) is 1.22. The molecule has 0 aliphatic heterocycles. The molecule has 4 nitrogen and oxygen atoms in total. The van der Waals surface area contributed by atoms with Gasteiger partial charge in [0.1, 0.15) is 5.25 Å². The number of rotatable bonds is 7. The molecule has 0 radical (unpaired) electrons. The van der Waals surface area contributed by atoms with Gasteiger partial charge in [0.05, 0.1) is 4.99 Å². The van der Waals surface area contributed by atoms with Gasteiger partial charge in [-0.3, -0.25) is 0 Å². The molecule has 1 aromatic heterocycles. The van der Waals surface area contributed by atoms with Crippen molar-refractivity contribution in [1.82, 2.24) is 4.31 Å². The van der Waals surface area contributed by atoms with Crippen LogP contribution in [0.4, 0.5) is 0 Å². The third kappa shape index (κ3) is 3.74. The van der Waals surface area contributed by atoms with E-state index in [-0.39, 0.29) is 4.99 Å². The van der Waals surface area contributed by atoms with E-state index in [1.165, 1.54) is 9.18 Å². The molecule has 102 valence electrons. The second-order valence-corrected chi connectivity index (χ2v) is 7.72. The minimum absolute atomic E-state index is 0.0421. The van der Waals surface area contributed by atoms with Gasteiger partial charge >= 0.3 is 0 Å². The van der Waals surface area contributed by atoms with E-state index in [1.807, 2.05) is 17.5 Å². The molecule has 2 N–H and O–H groups in total. The lowest BCUT2D eigenvalue weighted by Crippen LogP contribution is -2.43. The van der Waals surface area contributed by atoms with Crippen molar-refractivity contribution in [2.75, 3.05) is 13.6 Å². The normalized spacial score (nSPS) is 13.7. The van der Waals surface area contributed by atoms with Crippen LogP contribution in [0.1, 0.15) is 18.2 Å². The van der Waals surface area contributed by atoms with Crippen LogP contribution in [-0.4, -0.2) is 36.6 Å². The Hall–Kier alpha value is -0.500. The fourth-order valence-corrected chi connectivity index (χ4v) is 4.35. The number of hydrogen-bond donors (Lipinski definition) is 1. The average molecular weight is 306 g/mol. The largest absolute Gasteiger partial charge is 0.392 e. The number of thiophene rings is 1. The van der Waals surface area contributed by atoms with Gasteiger partial charge in [-0.2, -0.15) is 0 Å². The number of nitrogens with zero attached hydrogens (tertiary/aromatic N) is 1. The molecule has 0 aromatic carbocycles. The Morgan fingerprint density at radius 3 is 2.72 bits per heavy atom. The van der Waals surface area contributed by atoms with Crippen LogP contribution in [0.5, 0.6) is 0 Å². The molecule has 0 fully saturated rings. The van der Waals surface area contributed by atoms with Gasteiger partial charge in [-0.15, -0.1) is 11.3 Å². The minimum atomic E-state index is -3.43. The first kappa shape index (κ1) is 15.6. The monoisotopic (exact) mass is 306 g/mol. The lowest BCUT2D eigenvalue weighted by molar-refractivity contribution is 0.468. The number of sulfonamides is 1. The Bertz CT molecular complexity index is 482. The molecule has 0 spiro atoms. The van der Waals surface area contributed by atoms with Crippen LogP contribution < -0.4 is 5.73 Å². The fraction of sp³-hybridized carbons (Fsp3) is 0.545. The summed E-state index contributed by atoms with van der Waals surface area (Å²) in [5.41, 5.74) is 5.49. The van der Waals surface area contributed by atoms with Gasteiger partial charge in [-0.25, -0.2) is 12.7 Å². The molecule has 1 heterocycles. The Morgan fingerprint density at radius 1 is 1.61 bits per heavy atom. The van der Waals surface area contributed by atoms with E-state index in [9.17, 15) is 8.42 Å². The fourth-order valence-electron chi connectivity index (χ4n) is 1.63. The smallest absolute Gasteiger partial charge is 0.223 e. The molecule has 0 amide bonds. The van der Waals surface area contributed by atoms with Gasteiger partial charge in [-0.1, -0.05) is 25.2 Å². The van der Waals surface area contributed by atoms with E-state index in [0.29, 0.717) is 19.4 Å². The first-order valence-electron chi connectivity index (χ1n) is 5.66. The van der Waals surface area contributed by atoms with Gasteiger partial charge in [0, 0.05) is 18.5 Å². The van der Waals surface area contributed by atoms with Crippen LogP contribution in [0.3, 0.4) is 0 Å². The van der Waals surface area contributed by atoms with E-state index >= 15 is 0 Å². The van der Waals surface area contributed by atoms with E-state index in [1.54, 1.807) is 25.3 Å². The van der Waals surface area contributed by atoms with Crippen molar-refractivity contribution in [3.05, 3.63) is 22.4 Å². The van der Waals surface area contributed by atoms with Crippen molar-refractivity contribution in [3.63, 3.8) is 0 Å². The highest BCUT2D eigenvalue weighted by Gasteiger charge is 2.30. The SMILES string of the molecule is CCC(C(N)=S)S(=O)(=O)N(C)CCc1cccs1. The third-order valence-corrected chi connectivity index (χ3v) is 6.46. The van der Waals surface area contributed by atoms with Crippen molar-refractivity contribution in [1.29, 1.82) is 0 Å². The van der Waals surface area contributed by atoms with Crippen LogP contribution in [0, 0.1) is 0 Å². The highest BCUT2D eigenvalue weighted by molar-refractivity contribution is 7.92. The van der Waals surface area contributed by atoms with E-state index in [2.05, 4.69) is 0 Å². The topological polar surface area (TPSA) is 63.4 Å². The molecular formula is C11H18N2O2S3. The van der Waals surface area contributed by atoms with Crippen molar-refractivity contribution < 1.29 is 8.42 Å². The lowest BCUT2D eigenvalue weighted by atomic mass is 10.3. The van der Waals surface area contributed by atoms with Gasteiger partial charge in [-0.05, 0) is 24.3 Å². The summed E-state index contributed by atoms with van der Waals surface area (Å²) in [7, 11) is -1.86. The summed E-state index contributed by atoms with van der Waals surface area (Å²) in [5.74, 6) is 0. The molecule has 1 unspecified atom stereocenters. The maximum atomic E-state index is 12.2. The summed E-state index contributed by atoms with van der Waals surface area (Å²) in [6, 6.07) is 3.95. The number of thiocarbonyl (C=S) groups is 1. The van der Waals surface area contributed by atoms with Crippen molar-refractivity contribution in [2.24, 2.45) is 5.73 Å². The Morgan fingerprint density at radius 2 is 2.28 bits per heavy atom. The second kappa shape index (κ2) is 6.60. The van der Waals surface area contributed by atoms with Gasteiger partial charge in [0.25, 0.3) is 0 Å². The van der Waals surface area contributed by atoms with Crippen molar-refractivity contribution >= 4 is 38.6 Å². The standard InChI is InChI=1S/C11H18N2O2S3/c1-3-10(11(12)16)18(14,15)13(2)7-6-9-5-4-8-17-9/h4-5,8,10H,3,6-7H2,1-2H3,(H2,12,16). The predicted octanol–water partition coefficient (Wildman–Crippen LogP) is 1.62. The van der Waals surface area contributed by atoms with E-state index < -0.39 is 15.3 Å². The van der Waals surface area contributed by atoms with Gasteiger partial charge in [0.15, 0.2) is 0 Å². The van der Waals surface area contributed by atoms with Crippen molar-refractivity contribution in [3.8, 4) is 0 Å². The van der Waals surface area contributed by atoms with Gasteiger partial charge < -0.3 is 5.73 Å². The zero-order chi connectivity index (χ0) is 13.8. The molecule has 1 aromatic rings. The predicted molar refractivity (Wildman–Crippen MR) is 80.4 cm³/mol. The summed E-state index contributed by atoms with van der Waals surface area (Å²) in [6.45, 7) is 2.22. The highest BCUT2D eigenvalue weighted by atomic mass is 32.2. The molecular weight excluding hydrogens is 288 g/mol. The first-order valence-corrected chi connectivity index (χ1v) is 8.45. The summed E-state index contributed by atoms with van der Waals surface area (Å²) in [4.78, 5) is 1.21. The summed E-state index contributed by atoms with van der Waals surface area (Å²) < 4.78 is 25.8. The zero-order valence-electron chi connectivity index (χ0n) is 10.5. The minimum Gasteiger partial charge on any atom is -0.392 e. The molecule has 1 atom stereocenters. The number of hydrogen-bond acceptors (Lipinski definition) is 4. The molecule has 0 saturated carbocycles. The zero-order valence-corrected chi connectivity index (χ0v) is 12.9. The second-order valence-electron chi connectivity index (χ2n) is 4.00. The Kier molecular flexibility index (Phi) is 5.71. The van der Waals surface area contributed by atoms with Crippen LogP contribution in [-0.2, 0) is 16.4 Å². The number of nitrogens with two attached hydrogens (primary N) is 1. The van der Waals surface area contributed by atoms with Crippen molar-refractivity contribution in [2.45, 2.75) is 25.0 Å². The molecule has 7 heteroatoms. The third-order valence-electron chi connectivity index (χ3n) is 2.74. The van der Waals surface area contributed by atoms with E-state index in [0.717, 1.165) is 0 Å². The number of likely N-dealkylation sites (N-methyl/N-ethyl adjacent to an activating group) is 1. The Labute approximate surface area is 118 Å². The summed E-state index contributed by atoms with van der Waals surface area (Å²) >= 11 is 6.45. The van der Waals surface area contributed by atoms with Crippen LogP contribution in [0.15, 0.2) is 17.5 Å². The molecule has 0 aliphatic rings. The molecule has 0 saturated heterocycles. The highest BCUT2D eigenvalue weighted by Crippen LogP contribution is 2.14. The Balaban J connectivity index is 2.69. The molecule has 1 rings (SSSR count). The maximum absolute atomic E-state index is 12.2. The van der Waals surface area contributed by atoms with E-state index in [4.69, 9.17) is 18.0 Å². The molecule has 0 aliphatic carbocycles. The quantitative estimate of drug-likeness (QED) is 0.778. The van der Waals surface area contributed by atoms with Crippen LogP contribution in [0.2, 0.25) is 0 Å². The summed E-state index contributed by atoms with van der Waals surface area (Å²) in [6.07, 6.45) is 1.11. The molecule has 18 heavy (non-hydrogen) atoms.